The number of hydrogen-bond acceptors (Lipinski definition) is 0. The molecular formula is C11H13ClF2. The Balaban J connectivity index is 2.86. The summed E-state index contributed by atoms with van der Waals surface area (Å²) in [5.74, 6) is -2.78. The summed E-state index contributed by atoms with van der Waals surface area (Å²) in [7, 11) is 0. The molecule has 0 bridgehead atoms. The van der Waals surface area contributed by atoms with Crippen LogP contribution in [0.3, 0.4) is 0 Å². The summed E-state index contributed by atoms with van der Waals surface area (Å²) >= 11 is 5.62. The average Bonchev–Trinajstić information content (AvgIpc) is 2.02. The van der Waals surface area contributed by atoms with Gasteiger partial charge in [0.05, 0.1) is 0 Å². The zero-order valence-corrected chi connectivity index (χ0v) is 8.98. The van der Waals surface area contributed by atoms with E-state index in [0.29, 0.717) is 5.02 Å². The minimum Gasteiger partial charge on any atom is -0.201 e. The molecule has 0 aliphatic rings. The third-order valence-corrected chi connectivity index (χ3v) is 2.18. The fraction of sp³-hybridized carbons (Fsp3) is 0.455. The highest BCUT2D eigenvalue weighted by Crippen LogP contribution is 2.34. The molecule has 0 amide bonds. The van der Waals surface area contributed by atoms with Crippen molar-refractivity contribution < 1.29 is 8.78 Å². The molecule has 0 aliphatic carbocycles. The van der Waals surface area contributed by atoms with Crippen LogP contribution >= 0.6 is 11.6 Å². The molecule has 1 rings (SSSR count). The Kier molecular flexibility index (Phi) is 3.48. The minimum atomic E-state index is -2.75. The fourth-order valence-electron chi connectivity index (χ4n) is 1.32. The molecule has 3 heteroatoms. The van der Waals surface area contributed by atoms with Crippen LogP contribution in [0.4, 0.5) is 8.78 Å². The van der Waals surface area contributed by atoms with E-state index in [1.807, 2.05) is 0 Å². The topological polar surface area (TPSA) is 0 Å². The van der Waals surface area contributed by atoms with Gasteiger partial charge in [-0.1, -0.05) is 37.6 Å². The van der Waals surface area contributed by atoms with Crippen LogP contribution < -0.4 is 0 Å². The van der Waals surface area contributed by atoms with Crippen LogP contribution in [0.5, 0.6) is 0 Å². The van der Waals surface area contributed by atoms with Crippen molar-refractivity contribution in [3.8, 4) is 0 Å². The number of benzene rings is 1. The van der Waals surface area contributed by atoms with Crippen LogP contribution in [0.2, 0.25) is 5.02 Å². The largest absolute Gasteiger partial charge is 0.273 e. The van der Waals surface area contributed by atoms with Gasteiger partial charge in [0, 0.05) is 17.0 Å². The van der Waals surface area contributed by atoms with E-state index >= 15 is 0 Å². The van der Waals surface area contributed by atoms with Gasteiger partial charge < -0.3 is 0 Å². The van der Waals surface area contributed by atoms with E-state index in [-0.39, 0.29) is 17.9 Å². The van der Waals surface area contributed by atoms with E-state index in [0.717, 1.165) is 0 Å². The van der Waals surface area contributed by atoms with Crippen molar-refractivity contribution in [3.63, 3.8) is 0 Å². The second-order valence-electron chi connectivity index (χ2n) is 3.81. The van der Waals surface area contributed by atoms with E-state index in [9.17, 15) is 8.78 Å². The molecule has 0 aliphatic heterocycles. The smallest absolute Gasteiger partial charge is 0.201 e. The second kappa shape index (κ2) is 4.26. The summed E-state index contributed by atoms with van der Waals surface area (Å²) in [5, 5.41) is 0.481. The van der Waals surface area contributed by atoms with Gasteiger partial charge in [-0.2, -0.15) is 0 Å². The molecular weight excluding hydrogens is 206 g/mol. The van der Waals surface area contributed by atoms with Gasteiger partial charge in [-0.05, 0) is 18.1 Å². The van der Waals surface area contributed by atoms with Crippen molar-refractivity contribution in [2.75, 3.05) is 0 Å². The molecule has 0 spiro atoms. The zero-order valence-electron chi connectivity index (χ0n) is 8.23. The average molecular weight is 219 g/mol. The Morgan fingerprint density at radius 1 is 1.21 bits per heavy atom. The van der Waals surface area contributed by atoms with E-state index in [1.54, 1.807) is 13.8 Å². The third kappa shape index (κ3) is 2.95. The lowest BCUT2D eigenvalue weighted by molar-refractivity contribution is -0.0249. The Bertz CT molecular complexity index is 291. The van der Waals surface area contributed by atoms with Crippen LogP contribution in [-0.4, -0.2) is 0 Å². The Labute approximate surface area is 87.9 Å². The fourth-order valence-corrected chi connectivity index (χ4v) is 1.45. The van der Waals surface area contributed by atoms with Crippen LogP contribution in [0.1, 0.15) is 25.8 Å². The van der Waals surface area contributed by atoms with Gasteiger partial charge >= 0.3 is 0 Å². The predicted molar refractivity (Wildman–Crippen MR) is 54.8 cm³/mol. The van der Waals surface area contributed by atoms with Crippen molar-refractivity contribution in [1.29, 1.82) is 0 Å². The van der Waals surface area contributed by atoms with E-state index in [2.05, 4.69) is 0 Å². The summed E-state index contributed by atoms with van der Waals surface area (Å²) in [6.45, 7) is 3.56. The van der Waals surface area contributed by atoms with Gasteiger partial charge in [0.25, 0.3) is 5.92 Å². The van der Waals surface area contributed by atoms with E-state index < -0.39 is 5.92 Å². The molecule has 0 unspecified atom stereocenters. The molecule has 1 aromatic carbocycles. The highest BCUT2D eigenvalue weighted by molar-refractivity contribution is 6.30. The zero-order chi connectivity index (χ0) is 10.8. The lowest BCUT2D eigenvalue weighted by Crippen LogP contribution is -2.15. The van der Waals surface area contributed by atoms with Crippen LogP contribution in [-0.2, 0) is 5.92 Å². The van der Waals surface area contributed by atoms with E-state index in [4.69, 9.17) is 11.6 Å². The monoisotopic (exact) mass is 218 g/mol. The van der Waals surface area contributed by atoms with Crippen molar-refractivity contribution in [2.45, 2.75) is 26.2 Å². The van der Waals surface area contributed by atoms with Crippen LogP contribution in [0.25, 0.3) is 0 Å². The standard InChI is InChI=1S/C11H13ClF2/c1-8(2)7-11(13,14)9-3-5-10(12)6-4-9/h3-6,8H,7H2,1-2H3. The molecule has 0 radical (unpaired) electrons. The number of alkyl halides is 2. The molecule has 14 heavy (non-hydrogen) atoms. The molecule has 0 saturated heterocycles. The third-order valence-electron chi connectivity index (χ3n) is 1.93. The Morgan fingerprint density at radius 3 is 2.14 bits per heavy atom. The second-order valence-corrected chi connectivity index (χ2v) is 4.25. The Hall–Kier alpha value is -0.630. The molecule has 0 heterocycles. The molecule has 1 aromatic rings. The first kappa shape index (κ1) is 11.4. The molecule has 0 N–H and O–H groups in total. The normalized spacial score (nSPS) is 12.1. The molecule has 0 saturated carbocycles. The summed E-state index contributed by atoms with van der Waals surface area (Å²) in [4.78, 5) is 0. The van der Waals surface area contributed by atoms with Crippen molar-refractivity contribution >= 4 is 11.6 Å². The number of halogens is 3. The lowest BCUT2D eigenvalue weighted by Gasteiger charge is -2.18. The summed E-state index contributed by atoms with van der Waals surface area (Å²) in [6, 6.07) is 5.74. The van der Waals surface area contributed by atoms with Gasteiger partial charge in [-0.25, -0.2) is 8.78 Å². The maximum absolute atomic E-state index is 13.5. The molecule has 0 atom stereocenters. The van der Waals surface area contributed by atoms with Crippen LogP contribution in [0.15, 0.2) is 24.3 Å². The SMILES string of the molecule is CC(C)CC(F)(F)c1ccc(Cl)cc1. The van der Waals surface area contributed by atoms with E-state index in [1.165, 1.54) is 24.3 Å². The highest BCUT2D eigenvalue weighted by atomic mass is 35.5. The molecule has 78 valence electrons. The minimum absolute atomic E-state index is 0.0271. The summed E-state index contributed by atoms with van der Waals surface area (Å²) in [6.07, 6.45) is -0.130. The predicted octanol–water partition coefficient (Wildman–Crippen LogP) is 4.48. The lowest BCUT2D eigenvalue weighted by atomic mass is 9.99. The summed E-state index contributed by atoms with van der Waals surface area (Å²) < 4.78 is 27.0. The first-order valence-corrected chi connectivity index (χ1v) is 4.93. The summed E-state index contributed by atoms with van der Waals surface area (Å²) in [5.41, 5.74) is 0.0376. The van der Waals surface area contributed by atoms with Gasteiger partial charge in [-0.3, -0.25) is 0 Å². The van der Waals surface area contributed by atoms with Gasteiger partial charge in [0.15, 0.2) is 0 Å². The maximum atomic E-state index is 13.5. The Morgan fingerprint density at radius 2 is 1.71 bits per heavy atom. The maximum Gasteiger partial charge on any atom is 0.273 e. The van der Waals surface area contributed by atoms with Crippen molar-refractivity contribution in [1.82, 2.24) is 0 Å². The van der Waals surface area contributed by atoms with Crippen molar-refractivity contribution in [3.05, 3.63) is 34.9 Å². The van der Waals surface area contributed by atoms with Gasteiger partial charge in [-0.15, -0.1) is 0 Å². The molecule has 0 fully saturated rings. The molecule has 0 nitrogen and oxygen atoms in total. The molecule has 0 aromatic heterocycles. The van der Waals surface area contributed by atoms with Gasteiger partial charge in [0.2, 0.25) is 0 Å². The van der Waals surface area contributed by atoms with Crippen LogP contribution in [0, 0.1) is 5.92 Å². The first-order chi connectivity index (χ1) is 6.42. The van der Waals surface area contributed by atoms with Crippen molar-refractivity contribution in [2.24, 2.45) is 5.92 Å². The highest BCUT2D eigenvalue weighted by Gasteiger charge is 2.31. The number of hydrogen-bond donors (Lipinski definition) is 0. The van der Waals surface area contributed by atoms with Gasteiger partial charge in [0.1, 0.15) is 0 Å². The quantitative estimate of drug-likeness (QED) is 0.702. The first-order valence-electron chi connectivity index (χ1n) is 4.55. The number of rotatable bonds is 3.